The largest absolute Gasteiger partial charge is 0.506 e. The predicted octanol–water partition coefficient (Wildman–Crippen LogP) is 2.28. The highest BCUT2D eigenvalue weighted by Crippen LogP contribution is 2.32. The number of aryl methyl sites for hydroxylation is 1. The van der Waals surface area contributed by atoms with E-state index in [1.807, 2.05) is 0 Å². The molecule has 1 heterocycles. The van der Waals surface area contributed by atoms with E-state index >= 15 is 0 Å². The Hall–Kier alpha value is -2.08. The highest BCUT2D eigenvalue weighted by molar-refractivity contribution is 6.32. The number of halogens is 2. The van der Waals surface area contributed by atoms with Gasteiger partial charge in [0.15, 0.2) is 5.69 Å². The molecule has 0 unspecified atom stereocenters. The van der Waals surface area contributed by atoms with Crippen LogP contribution in [0.1, 0.15) is 10.5 Å². The van der Waals surface area contributed by atoms with Crippen molar-refractivity contribution in [1.82, 2.24) is 9.78 Å². The number of phenolic OH excluding ortho intramolecular Hbond substituents is 1. The van der Waals surface area contributed by atoms with Crippen LogP contribution in [0.2, 0.25) is 5.02 Å². The van der Waals surface area contributed by atoms with Gasteiger partial charge in [0.2, 0.25) is 0 Å². The normalized spacial score (nSPS) is 10.6. The Morgan fingerprint density at radius 1 is 1.44 bits per heavy atom. The third-order valence-electron chi connectivity index (χ3n) is 2.41. The summed E-state index contributed by atoms with van der Waals surface area (Å²) < 4.78 is 14.9. The van der Waals surface area contributed by atoms with Gasteiger partial charge < -0.3 is 10.2 Å². The minimum absolute atomic E-state index is 0.0236. The third kappa shape index (κ3) is 2.02. The van der Waals surface area contributed by atoms with Crippen LogP contribution in [-0.2, 0) is 7.05 Å². The van der Waals surface area contributed by atoms with Gasteiger partial charge in [0, 0.05) is 18.7 Å². The zero-order chi connectivity index (χ0) is 13.4. The molecule has 0 bridgehead atoms. The second kappa shape index (κ2) is 4.30. The van der Waals surface area contributed by atoms with Crippen molar-refractivity contribution in [2.45, 2.75) is 0 Å². The lowest BCUT2D eigenvalue weighted by atomic mass is 10.1. The molecule has 0 aliphatic carbocycles. The number of hydrogen-bond acceptors (Lipinski definition) is 3. The van der Waals surface area contributed by atoms with Crippen LogP contribution < -0.4 is 0 Å². The van der Waals surface area contributed by atoms with Crippen molar-refractivity contribution in [3.8, 4) is 17.0 Å². The molecule has 0 fully saturated rings. The number of aromatic nitrogens is 2. The van der Waals surface area contributed by atoms with Crippen molar-refractivity contribution in [2.24, 2.45) is 7.05 Å². The van der Waals surface area contributed by atoms with E-state index < -0.39 is 11.8 Å². The maximum atomic E-state index is 13.7. The van der Waals surface area contributed by atoms with Crippen molar-refractivity contribution >= 4 is 17.6 Å². The van der Waals surface area contributed by atoms with Gasteiger partial charge in [-0.2, -0.15) is 5.10 Å². The number of aromatic carboxylic acids is 1. The Labute approximate surface area is 106 Å². The lowest BCUT2D eigenvalue weighted by molar-refractivity contribution is 0.0689. The lowest BCUT2D eigenvalue weighted by Crippen LogP contribution is -1.99. The number of phenols is 1. The number of nitrogens with zero attached hydrogens (tertiary/aromatic N) is 2. The number of carbonyl (C=O) groups is 1. The third-order valence-corrected chi connectivity index (χ3v) is 2.71. The fraction of sp³-hybridized carbons (Fsp3) is 0.0909. The fourth-order valence-corrected chi connectivity index (χ4v) is 1.72. The molecule has 1 aromatic carbocycles. The molecule has 0 saturated carbocycles. The number of rotatable bonds is 2. The molecular formula is C11H8ClFN2O3. The summed E-state index contributed by atoms with van der Waals surface area (Å²) in [6.45, 7) is 0. The van der Waals surface area contributed by atoms with Crippen molar-refractivity contribution in [3.63, 3.8) is 0 Å². The standard InChI is InChI=1S/C11H8ClFN2O3/c1-15-9(4-8(14-15)11(17)18)5-2-6(12)10(16)3-7(5)13/h2-4,16H,1H3,(H,17,18). The van der Waals surface area contributed by atoms with Gasteiger partial charge in [-0.3, -0.25) is 4.68 Å². The van der Waals surface area contributed by atoms with Crippen molar-refractivity contribution in [2.75, 3.05) is 0 Å². The van der Waals surface area contributed by atoms with E-state index in [9.17, 15) is 14.3 Å². The van der Waals surface area contributed by atoms with E-state index in [0.29, 0.717) is 0 Å². The second-order valence-electron chi connectivity index (χ2n) is 3.63. The Balaban J connectivity index is 2.62. The van der Waals surface area contributed by atoms with Crippen LogP contribution in [0, 0.1) is 5.82 Å². The number of carboxylic acid groups (broad SMARTS) is 1. The first-order chi connectivity index (χ1) is 8.40. The molecule has 0 amide bonds. The summed E-state index contributed by atoms with van der Waals surface area (Å²) in [5.41, 5.74) is 0.128. The first-order valence-corrected chi connectivity index (χ1v) is 5.23. The molecule has 0 spiro atoms. The number of carboxylic acids is 1. The van der Waals surface area contributed by atoms with E-state index in [0.717, 1.165) is 6.07 Å². The smallest absolute Gasteiger partial charge is 0.356 e. The highest BCUT2D eigenvalue weighted by atomic mass is 35.5. The molecule has 2 aromatic rings. The SMILES string of the molecule is Cn1nc(C(=O)O)cc1-c1cc(Cl)c(O)cc1F. The predicted molar refractivity (Wildman–Crippen MR) is 62.2 cm³/mol. The summed E-state index contributed by atoms with van der Waals surface area (Å²) in [7, 11) is 1.49. The Kier molecular flexibility index (Phi) is 2.96. The Bertz CT molecular complexity index is 639. The maximum Gasteiger partial charge on any atom is 0.356 e. The first kappa shape index (κ1) is 12.4. The monoisotopic (exact) mass is 270 g/mol. The van der Waals surface area contributed by atoms with Gasteiger partial charge >= 0.3 is 5.97 Å². The number of benzene rings is 1. The molecule has 18 heavy (non-hydrogen) atoms. The molecule has 0 aliphatic rings. The van der Waals surface area contributed by atoms with Crippen molar-refractivity contribution < 1.29 is 19.4 Å². The van der Waals surface area contributed by atoms with Crippen LogP contribution >= 0.6 is 11.6 Å². The van der Waals surface area contributed by atoms with Crippen molar-refractivity contribution in [3.05, 3.63) is 34.7 Å². The van der Waals surface area contributed by atoms with Crippen molar-refractivity contribution in [1.29, 1.82) is 0 Å². The van der Waals surface area contributed by atoms with Gasteiger partial charge in [-0.25, -0.2) is 9.18 Å². The van der Waals surface area contributed by atoms with Gasteiger partial charge in [0.25, 0.3) is 0 Å². The quantitative estimate of drug-likeness (QED) is 0.878. The summed E-state index contributed by atoms with van der Waals surface area (Å²) >= 11 is 5.69. The van der Waals surface area contributed by atoms with Crippen LogP contribution in [0.3, 0.4) is 0 Å². The van der Waals surface area contributed by atoms with Gasteiger partial charge in [-0.1, -0.05) is 11.6 Å². The topological polar surface area (TPSA) is 75.4 Å². The number of hydrogen-bond donors (Lipinski definition) is 2. The van der Waals surface area contributed by atoms with Crippen LogP contribution in [0.25, 0.3) is 11.3 Å². The van der Waals surface area contributed by atoms with E-state index in [2.05, 4.69) is 5.10 Å². The van der Waals surface area contributed by atoms with Crippen LogP contribution in [0.15, 0.2) is 18.2 Å². The van der Waals surface area contributed by atoms with Crippen LogP contribution in [0.5, 0.6) is 5.75 Å². The molecule has 2 rings (SSSR count). The Morgan fingerprint density at radius 2 is 2.11 bits per heavy atom. The maximum absolute atomic E-state index is 13.7. The van der Waals surface area contributed by atoms with E-state index in [1.165, 1.54) is 23.9 Å². The van der Waals surface area contributed by atoms with Gasteiger partial charge in [-0.15, -0.1) is 0 Å². The average molecular weight is 271 g/mol. The zero-order valence-electron chi connectivity index (χ0n) is 9.19. The Morgan fingerprint density at radius 3 is 2.67 bits per heavy atom. The molecule has 0 atom stereocenters. The highest BCUT2D eigenvalue weighted by Gasteiger charge is 2.17. The van der Waals surface area contributed by atoms with E-state index in [1.54, 1.807) is 0 Å². The van der Waals surface area contributed by atoms with Gasteiger partial charge in [-0.05, 0) is 12.1 Å². The molecule has 0 saturated heterocycles. The summed E-state index contributed by atoms with van der Waals surface area (Å²) in [6, 6.07) is 3.31. The number of aromatic hydroxyl groups is 1. The zero-order valence-corrected chi connectivity index (χ0v) is 9.94. The van der Waals surface area contributed by atoms with E-state index in [4.69, 9.17) is 16.7 Å². The summed E-state index contributed by atoms with van der Waals surface area (Å²) in [6.07, 6.45) is 0. The molecule has 1 aromatic heterocycles. The fourth-order valence-electron chi connectivity index (χ4n) is 1.56. The van der Waals surface area contributed by atoms with Crippen LogP contribution in [-0.4, -0.2) is 26.0 Å². The molecule has 0 aliphatic heterocycles. The summed E-state index contributed by atoms with van der Waals surface area (Å²) in [4.78, 5) is 10.8. The first-order valence-electron chi connectivity index (χ1n) is 4.86. The van der Waals surface area contributed by atoms with Gasteiger partial charge in [0.1, 0.15) is 11.6 Å². The summed E-state index contributed by atoms with van der Waals surface area (Å²) in [5.74, 6) is -2.29. The average Bonchev–Trinajstić information content (AvgIpc) is 2.66. The molecule has 94 valence electrons. The molecule has 2 N–H and O–H groups in total. The molecule has 7 heteroatoms. The van der Waals surface area contributed by atoms with Gasteiger partial charge in [0.05, 0.1) is 10.7 Å². The molecular weight excluding hydrogens is 263 g/mol. The lowest BCUT2D eigenvalue weighted by Gasteiger charge is -2.05. The minimum atomic E-state index is -1.21. The minimum Gasteiger partial charge on any atom is -0.506 e. The summed E-state index contributed by atoms with van der Waals surface area (Å²) in [5, 5.41) is 21.7. The van der Waals surface area contributed by atoms with E-state index in [-0.39, 0.29) is 27.7 Å². The molecule has 5 nitrogen and oxygen atoms in total. The molecule has 0 radical (unpaired) electrons. The van der Waals surface area contributed by atoms with Crippen LogP contribution in [0.4, 0.5) is 4.39 Å². The second-order valence-corrected chi connectivity index (χ2v) is 4.03.